The third kappa shape index (κ3) is 3.53. The average Bonchev–Trinajstić information content (AvgIpc) is 2.99. The number of carbonyl (C=O) groups excluding carboxylic acids is 1. The molecule has 1 unspecified atom stereocenters. The molecule has 0 aliphatic carbocycles. The highest BCUT2D eigenvalue weighted by Crippen LogP contribution is 2.48. The highest BCUT2D eigenvalue weighted by molar-refractivity contribution is 6.07. The Kier molecular flexibility index (Phi) is 5.38. The summed E-state index contributed by atoms with van der Waals surface area (Å²) in [7, 11) is 0. The largest absolute Gasteiger partial charge is 0.508 e. The standard InChI is InChI=1S/C21H22O10/c22-8-13-15(25)16(26)17(27)19(30-13)14-12(24)6-5-11-18(14)31-21(29,20(11)28)7-9-1-3-10(23)4-2-9/h1-6,13,15-17,19,22-27,29H,7-8H2/t13-,15+,16+,17-,19-,21?/m1/s1. The van der Waals surface area contributed by atoms with E-state index in [0.29, 0.717) is 5.56 Å². The predicted molar refractivity (Wildman–Crippen MR) is 103 cm³/mol. The number of aromatic hydroxyl groups is 2. The molecular weight excluding hydrogens is 412 g/mol. The minimum absolute atomic E-state index is 0.00696. The fourth-order valence-electron chi connectivity index (χ4n) is 3.93. The van der Waals surface area contributed by atoms with Gasteiger partial charge in [0.2, 0.25) is 5.78 Å². The maximum absolute atomic E-state index is 12.9. The van der Waals surface area contributed by atoms with Crippen LogP contribution in [0.15, 0.2) is 36.4 Å². The third-order valence-electron chi connectivity index (χ3n) is 5.60. The number of benzene rings is 2. The molecule has 0 saturated carbocycles. The van der Waals surface area contributed by atoms with E-state index in [1.165, 1.54) is 30.3 Å². The van der Waals surface area contributed by atoms with Crippen molar-refractivity contribution in [1.29, 1.82) is 0 Å². The molecule has 10 nitrogen and oxygen atoms in total. The number of fused-ring (bicyclic) bond motifs is 1. The number of carbonyl (C=O) groups is 1. The Morgan fingerprint density at radius 1 is 0.935 bits per heavy atom. The first-order valence-corrected chi connectivity index (χ1v) is 9.56. The molecular formula is C21H22O10. The molecule has 4 rings (SSSR count). The zero-order chi connectivity index (χ0) is 22.5. The van der Waals surface area contributed by atoms with E-state index < -0.39 is 54.4 Å². The second kappa shape index (κ2) is 7.75. The van der Waals surface area contributed by atoms with Crippen molar-refractivity contribution in [2.45, 2.75) is 42.7 Å². The van der Waals surface area contributed by atoms with Crippen LogP contribution in [0.1, 0.15) is 27.6 Å². The number of aliphatic hydroxyl groups is 5. The van der Waals surface area contributed by atoms with Crippen molar-refractivity contribution in [1.82, 2.24) is 0 Å². The van der Waals surface area contributed by atoms with Gasteiger partial charge in [-0.15, -0.1) is 0 Å². The number of phenolic OH excluding ortho intramolecular Hbond substituents is 2. The van der Waals surface area contributed by atoms with Crippen molar-refractivity contribution < 1.29 is 50.0 Å². The summed E-state index contributed by atoms with van der Waals surface area (Å²) in [5.41, 5.74) is 0.204. The summed E-state index contributed by atoms with van der Waals surface area (Å²) in [6.07, 6.45) is -8.01. The van der Waals surface area contributed by atoms with Crippen molar-refractivity contribution >= 4 is 5.78 Å². The highest BCUT2D eigenvalue weighted by atomic mass is 16.6. The Morgan fingerprint density at radius 3 is 2.26 bits per heavy atom. The van der Waals surface area contributed by atoms with Gasteiger partial charge in [0.05, 0.1) is 17.7 Å². The quantitative estimate of drug-likeness (QED) is 0.320. The van der Waals surface area contributed by atoms with E-state index in [4.69, 9.17) is 9.47 Å². The van der Waals surface area contributed by atoms with Gasteiger partial charge in [-0.25, -0.2) is 0 Å². The van der Waals surface area contributed by atoms with Crippen LogP contribution in [0.3, 0.4) is 0 Å². The van der Waals surface area contributed by atoms with Crippen LogP contribution in [0.25, 0.3) is 0 Å². The molecule has 7 N–H and O–H groups in total. The van der Waals surface area contributed by atoms with Crippen LogP contribution in [-0.2, 0) is 11.2 Å². The predicted octanol–water partition coefficient (Wildman–Crippen LogP) is -0.881. The maximum atomic E-state index is 12.9. The molecule has 2 aliphatic heterocycles. The van der Waals surface area contributed by atoms with Gasteiger partial charge in [-0.2, -0.15) is 0 Å². The molecule has 2 aliphatic rings. The van der Waals surface area contributed by atoms with Crippen molar-refractivity contribution in [2.24, 2.45) is 0 Å². The lowest BCUT2D eigenvalue weighted by atomic mass is 9.89. The van der Waals surface area contributed by atoms with E-state index in [1.807, 2.05) is 0 Å². The summed E-state index contributed by atoms with van der Waals surface area (Å²) >= 11 is 0. The van der Waals surface area contributed by atoms with Gasteiger partial charge in [0.15, 0.2) is 0 Å². The number of ether oxygens (including phenoxy) is 2. The Balaban J connectivity index is 1.72. The summed E-state index contributed by atoms with van der Waals surface area (Å²) in [5.74, 6) is -3.79. The second-order valence-electron chi connectivity index (χ2n) is 7.68. The Labute approximate surface area is 176 Å². The summed E-state index contributed by atoms with van der Waals surface area (Å²) < 4.78 is 11.1. The molecule has 2 aromatic rings. The number of hydrogen-bond donors (Lipinski definition) is 7. The molecule has 166 valence electrons. The molecule has 10 heteroatoms. The summed E-state index contributed by atoms with van der Waals surface area (Å²) in [4.78, 5) is 12.9. The fraction of sp³-hybridized carbons (Fsp3) is 0.381. The number of ketones is 1. The Bertz CT molecular complexity index is 988. The minimum Gasteiger partial charge on any atom is -0.508 e. The van der Waals surface area contributed by atoms with Crippen molar-refractivity contribution in [3.8, 4) is 17.2 Å². The topological polar surface area (TPSA) is 177 Å². The molecule has 6 atom stereocenters. The monoisotopic (exact) mass is 434 g/mol. The fourth-order valence-corrected chi connectivity index (χ4v) is 3.93. The van der Waals surface area contributed by atoms with Gasteiger partial charge in [0.1, 0.15) is 47.8 Å². The smallest absolute Gasteiger partial charge is 0.276 e. The van der Waals surface area contributed by atoms with Crippen LogP contribution in [0.2, 0.25) is 0 Å². The van der Waals surface area contributed by atoms with E-state index >= 15 is 0 Å². The van der Waals surface area contributed by atoms with E-state index in [2.05, 4.69) is 0 Å². The van der Waals surface area contributed by atoms with E-state index in [9.17, 15) is 40.5 Å². The van der Waals surface area contributed by atoms with Crippen LogP contribution in [0, 0.1) is 0 Å². The molecule has 31 heavy (non-hydrogen) atoms. The highest BCUT2D eigenvalue weighted by Gasteiger charge is 2.52. The normalized spacial score (nSPS) is 32.5. The van der Waals surface area contributed by atoms with Gasteiger partial charge in [-0.3, -0.25) is 4.79 Å². The number of Topliss-reactive ketones (excluding diaryl/α,β-unsaturated/α-hetero) is 1. The lowest BCUT2D eigenvalue weighted by molar-refractivity contribution is -0.232. The van der Waals surface area contributed by atoms with E-state index in [1.54, 1.807) is 0 Å². The molecule has 0 spiro atoms. The van der Waals surface area contributed by atoms with Crippen LogP contribution in [-0.4, -0.2) is 78.3 Å². The molecule has 0 radical (unpaired) electrons. The molecule has 0 aromatic heterocycles. The third-order valence-corrected chi connectivity index (χ3v) is 5.60. The number of phenols is 2. The van der Waals surface area contributed by atoms with Crippen molar-refractivity contribution in [3.05, 3.63) is 53.1 Å². The Morgan fingerprint density at radius 2 is 1.61 bits per heavy atom. The number of hydrogen-bond acceptors (Lipinski definition) is 10. The summed E-state index contributed by atoms with van der Waals surface area (Å²) in [6, 6.07) is 8.18. The number of rotatable bonds is 4. The lowest BCUT2D eigenvalue weighted by Crippen LogP contribution is -2.55. The zero-order valence-electron chi connectivity index (χ0n) is 16.1. The van der Waals surface area contributed by atoms with Crippen molar-refractivity contribution in [2.75, 3.05) is 6.61 Å². The first-order valence-electron chi connectivity index (χ1n) is 9.56. The van der Waals surface area contributed by atoms with E-state index in [0.717, 1.165) is 6.07 Å². The van der Waals surface area contributed by atoms with Gasteiger partial charge in [0.25, 0.3) is 5.79 Å². The molecule has 2 aromatic carbocycles. The lowest BCUT2D eigenvalue weighted by Gasteiger charge is -2.40. The first kappa shape index (κ1) is 21.5. The molecule has 0 amide bonds. The van der Waals surface area contributed by atoms with Gasteiger partial charge < -0.3 is 45.2 Å². The van der Waals surface area contributed by atoms with Gasteiger partial charge in [-0.1, -0.05) is 12.1 Å². The zero-order valence-corrected chi connectivity index (χ0v) is 16.1. The number of aliphatic hydroxyl groups excluding tert-OH is 4. The van der Waals surface area contributed by atoms with Gasteiger partial charge >= 0.3 is 0 Å². The van der Waals surface area contributed by atoms with E-state index in [-0.39, 0.29) is 29.0 Å². The minimum atomic E-state index is -2.32. The second-order valence-corrected chi connectivity index (χ2v) is 7.68. The van der Waals surface area contributed by atoms with Gasteiger partial charge in [0, 0.05) is 6.42 Å². The van der Waals surface area contributed by atoms with Crippen molar-refractivity contribution in [3.63, 3.8) is 0 Å². The van der Waals surface area contributed by atoms with Crippen LogP contribution in [0.4, 0.5) is 0 Å². The molecule has 0 bridgehead atoms. The summed E-state index contributed by atoms with van der Waals surface area (Å²) in [6.45, 7) is -0.679. The van der Waals surface area contributed by atoms with Crippen LogP contribution >= 0.6 is 0 Å². The first-order chi connectivity index (χ1) is 14.7. The molecule has 2 heterocycles. The SMILES string of the molecule is O=C1c2ccc(O)c([C@H]3O[C@H](CO)[C@H](O)[C@H](O)[C@H]3O)c2OC1(O)Cc1ccc(O)cc1. The molecule has 1 saturated heterocycles. The van der Waals surface area contributed by atoms with Crippen LogP contribution < -0.4 is 4.74 Å². The van der Waals surface area contributed by atoms with Gasteiger partial charge in [-0.05, 0) is 29.8 Å². The average molecular weight is 434 g/mol. The van der Waals surface area contributed by atoms with Crippen LogP contribution in [0.5, 0.6) is 17.2 Å². The maximum Gasteiger partial charge on any atom is 0.276 e. The Hall–Kier alpha value is -2.73. The summed E-state index contributed by atoms with van der Waals surface area (Å²) in [5, 5.41) is 70.7. The molecule has 1 fully saturated rings.